The topological polar surface area (TPSA) is 8.17 Å². The first-order valence-corrected chi connectivity index (χ1v) is 23.5. The average Bonchev–Trinajstić information content (AvgIpc) is 3.81. The molecule has 65 heavy (non-hydrogen) atoms. The number of anilines is 3. The molecule has 3 heteroatoms. The fraction of sp³-hybridized carbons (Fsp3) is 0.0645. The lowest BCUT2D eigenvalue weighted by Gasteiger charge is -2.46. The van der Waals surface area contributed by atoms with E-state index in [0.29, 0.717) is 0 Å². The molecule has 14 rings (SSSR count). The molecule has 0 saturated carbocycles. The van der Waals surface area contributed by atoms with Crippen LogP contribution in [-0.4, -0.2) is 4.57 Å². The maximum Gasteiger partial charge on any atom is 0.0736 e. The van der Waals surface area contributed by atoms with Gasteiger partial charge in [-0.15, -0.1) is 0 Å². The van der Waals surface area contributed by atoms with E-state index in [1.54, 1.807) is 0 Å². The van der Waals surface area contributed by atoms with Crippen LogP contribution in [0.4, 0.5) is 17.1 Å². The summed E-state index contributed by atoms with van der Waals surface area (Å²) >= 11 is 1.90. The second-order valence-corrected chi connectivity index (χ2v) is 19.5. The number of nitrogens with zero attached hydrogens (tertiary/aromatic N) is 2. The van der Waals surface area contributed by atoms with Crippen molar-refractivity contribution in [2.45, 2.75) is 34.5 Å². The molecule has 0 fully saturated rings. The zero-order valence-electron chi connectivity index (χ0n) is 36.1. The summed E-state index contributed by atoms with van der Waals surface area (Å²) in [5.41, 5.74) is 19.4. The summed E-state index contributed by atoms with van der Waals surface area (Å²) in [6.07, 6.45) is 0. The van der Waals surface area contributed by atoms with Gasteiger partial charge in [-0.3, -0.25) is 0 Å². The summed E-state index contributed by atoms with van der Waals surface area (Å²) in [5.74, 6) is 0. The first-order valence-electron chi connectivity index (χ1n) is 22.7. The van der Waals surface area contributed by atoms with Crippen molar-refractivity contribution in [2.75, 3.05) is 4.90 Å². The van der Waals surface area contributed by atoms with E-state index >= 15 is 0 Å². The smallest absolute Gasteiger partial charge is 0.0736 e. The predicted octanol–water partition coefficient (Wildman–Crippen LogP) is 16.5. The van der Waals surface area contributed by atoms with Crippen molar-refractivity contribution in [3.63, 3.8) is 0 Å². The number of fused-ring (bicyclic) bond motifs is 14. The molecule has 0 saturated heterocycles. The molecule has 0 atom stereocenters. The van der Waals surface area contributed by atoms with Gasteiger partial charge in [0.2, 0.25) is 0 Å². The molecule has 1 aromatic heterocycles. The lowest BCUT2D eigenvalue weighted by molar-refractivity contribution is 0.660. The first-order chi connectivity index (χ1) is 32.0. The van der Waals surface area contributed by atoms with E-state index in [1.807, 2.05) is 11.8 Å². The van der Waals surface area contributed by atoms with Crippen molar-refractivity contribution >= 4 is 61.4 Å². The second kappa shape index (κ2) is 13.5. The number of benzene rings is 10. The Morgan fingerprint density at radius 1 is 0.415 bits per heavy atom. The maximum absolute atomic E-state index is 2.56. The number of rotatable bonds is 4. The summed E-state index contributed by atoms with van der Waals surface area (Å²) < 4.78 is 2.44. The molecule has 306 valence electrons. The van der Waals surface area contributed by atoms with Crippen molar-refractivity contribution in [3.8, 4) is 27.9 Å². The Morgan fingerprint density at radius 2 is 1.02 bits per heavy atom. The Kier molecular flexibility index (Phi) is 7.63. The Labute approximate surface area is 383 Å². The van der Waals surface area contributed by atoms with Gasteiger partial charge in [0, 0.05) is 48.6 Å². The monoisotopic (exact) mass is 846 g/mol. The van der Waals surface area contributed by atoms with Gasteiger partial charge in [0.25, 0.3) is 0 Å². The molecular weight excluding hydrogens is 805 g/mol. The highest BCUT2D eigenvalue weighted by Crippen LogP contribution is 2.62. The molecule has 1 aliphatic heterocycles. The number of para-hydroxylation sites is 2. The summed E-state index contributed by atoms with van der Waals surface area (Å²) in [4.78, 5) is 5.16. The molecule has 0 bridgehead atoms. The third kappa shape index (κ3) is 4.91. The van der Waals surface area contributed by atoms with Crippen LogP contribution in [0.2, 0.25) is 0 Å². The fourth-order valence-corrected chi connectivity index (χ4v) is 13.3. The van der Waals surface area contributed by atoms with Crippen LogP contribution in [0, 0.1) is 0 Å². The van der Waals surface area contributed by atoms with Gasteiger partial charge in [-0.25, -0.2) is 0 Å². The van der Waals surface area contributed by atoms with Crippen LogP contribution in [-0.2, 0) is 10.8 Å². The zero-order valence-corrected chi connectivity index (χ0v) is 36.9. The molecule has 2 nitrogen and oxygen atoms in total. The Morgan fingerprint density at radius 3 is 1.83 bits per heavy atom. The highest BCUT2D eigenvalue weighted by Gasteiger charge is 2.49. The van der Waals surface area contributed by atoms with Gasteiger partial charge in [-0.1, -0.05) is 183 Å². The lowest BCUT2D eigenvalue weighted by Crippen LogP contribution is -2.36. The Hall–Kier alpha value is -7.59. The van der Waals surface area contributed by atoms with Gasteiger partial charge in [-0.05, 0) is 122 Å². The first kappa shape index (κ1) is 36.8. The van der Waals surface area contributed by atoms with Crippen molar-refractivity contribution in [1.82, 2.24) is 4.57 Å². The average molecular weight is 847 g/mol. The maximum atomic E-state index is 2.56. The Bertz CT molecular complexity index is 3750. The zero-order chi connectivity index (χ0) is 43.0. The largest absolute Gasteiger partial charge is 0.310 e. The third-order valence-electron chi connectivity index (χ3n) is 14.8. The standard InChI is InChI=1S/C62H42N2S/c1-61(2)48-24-8-6-22-47(48)60-51(61)27-16-30-55(60)63(42-34-36-45-44-21-7-11-29-54(44)64(56(45)38-42)40-19-4-3-5-20-40)41-33-35-43-46-23-14-17-39-18-15-28-52(59(39)46)62(53(43)37-41)49-25-9-12-31-57(49)65-58-32-13-10-26-50(58)62/h3-38H,1-2H3. The molecule has 0 amide bonds. The van der Waals surface area contributed by atoms with Gasteiger partial charge < -0.3 is 9.47 Å². The molecule has 3 aliphatic rings. The van der Waals surface area contributed by atoms with Crippen LogP contribution < -0.4 is 4.90 Å². The van der Waals surface area contributed by atoms with Crippen LogP contribution in [0.25, 0.3) is 60.5 Å². The van der Waals surface area contributed by atoms with E-state index in [2.05, 4.69) is 242 Å². The number of aromatic nitrogens is 1. The van der Waals surface area contributed by atoms with E-state index in [0.717, 1.165) is 17.1 Å². The van der Waals surface area contributed by atoms with Gasteiger partial charge in [0.1, 0.15) is 0 Å². The quantitative estimate of drug-likeness (QED) is 0.174. The van der Waals surface area contributed by atoms with Gasteiger partial charge >= 0.3 is 0 Å². The summed E-state index contributed by atoms with van der Waals surface area (Å²) in [5, 5.41) is 5.09. The molecule has 2 aliphatic carbocycles. The van der Waals surface area contributed by atoms with E-state index in [4.69, 9.17) is 0 Å². The molecule has 2 heterocycles. The van der Waals surface area contributed by atoms with E-state index in [1.165, 1.54) is 104 Å². The molecule has 0 N–H and O–H groups in total. The molecule has 0 unspecified atom stereocenters. The molecule has 0 radical (unpaired) electrons. The van der Waals surface area contributed by atoms with Crippen molar-refractivity contribution in [3.05, 3.63) is 252 Å². The van der Waals surface area contributed by atoms with Crippen LogP contribution in [0.15, 0.2) is 228 Å². The summed E-state index contributed by atoms with van der Waals surface area (Å²) in [6, 6.07) is 82.3. The highest BCUT2D eigenvalue weighted by molar-refractivity contribution is 7.99. The number of hydrogen-bond donors (Lipinski definition) is 0. The van der Waals surface area contributed by atoms with Crippen LogP contribution >= 0.6 is 11.8 Å². The Balaban J connectivity index is 1.11. The van der Waals surface area contributed by atoms with Gasteiger partial charge in [0.05, 0.1) is 22.1 Å². The SMILES string of the molecule is CC1(C)c2ccccc2-c2c(N(c3ccc4c(c3)C3(c5ccccc5Sc5ccccc53)c3cccc5cccc-4c35)c3ccc4c5ccccc5n(-c5ccccc5)c4c3)cccc21. The molecular formula is C62H42N2S. The summed E-state index contributed by atoms with van der Waals surface area (Å²) in [6.45, 7) is 4.76. The minimum atomic E-state index is -0.569. The lowest BCUT2D eigenvalue weighted by atomic mass is 9.59. The minimum Gasteiger partial charge on any atom is -0.310 e. The van der Waals surface area contributed by atoms with Crippen molar-refractivity contribution < 1.29 is 0 Å². The van der Waals surface area contributed by atoms with Crippen molar-refractivity contribution in [2.24, 2.45) is 0 Å². The van der Waals surface area contributed by atoms with E-state index < -0.39 is 5.41 Å². The van der Waals surface area contributed by atoms with Crippen LogP contribution in [0.5, 0.6) is 0 Å². The van der Waals surface area contributed by atoms with E-state index in [-0.39, 0.29) is 5.41 Å². The summed E-state index contributed by atoms with van der Waals surface area (Å²) in [7, 11) is 0. The third-order valence-corrected chi connectivity index (χ3v) is 16.0. The highest BCUT2D eigenvalue weighted by atomic mass is 32.2. The molecule has 11 aromatic rings. The molecule has 1 spiro atoms. The minimum absolute atomic E-state index is 0.160. The molecule has 10 aromatic carbocycles. The van der Waals surface area contributed by atoms with Crippen LogP contribution in [0.1, 0.15) is 47.2 Å². The van der Waals surface area contributed by atoms with Gasteiger partial charge in [-0.2, -0.15) is 0 Å². The predicted molar refractivity (Wildman–Crippen MR) is 272 cm³/mol. The second-order valence-electron chi connectivity index (χ2n) is 18.4. The van der Waals surface area contributed by atoms with Crippen LogP contribution in [0.3, 0.4) is 0 Å². The normalized spacial score (nSPS) is 14.5. The number of hydrogen-bond acceptors (Lipinski definition) is 2. The van der Waals surface area contributed by atoms with Gasteiger partial charge in [0.15, 0.2) is 0 Å². The van der Waals surface area contributed by atoms with E-state index in [9.17, 15) is 0 Å². The van der Waals surface area contributed by atoms with Crippen molar-refractivity contribution in [1.29, 1.82) is 0 Å². The fourth-order valence-electron chi connectivity index (χ4n) is 12.1.